The van der Waals surface area contributed by atoms with E-state index in [1.807, 2.05) is 30.3 Å². The van der Waals surface area contributed by atoms with Gasteiger partial charge in [-0.1, -0.05) is 54.6 Å². The lowest BCUT2D eigenvalue weighted by Gasteiger charge is -2.19. The highest BCUT2D eigenvalue weighted by atomic mass is 32.2. The van der Waals surface area contributed by atoms with E-state index < -0.39 is 16.1 Å². The Kier molecular flexibility index (Phi) is 4.45. The van der Waals surface area contributed by atoms with Crippen molar-refractivity contribution in [1.82, 2.24) is 4.72 Å². The van der Waals surface area contributed by atoms with E-state index in [1.54, 1.807) is 31.2 Å². The second kappa shape index (κ2) is 6.82. The van der Waals surface area contributed by atoms with Gasteiger partial charge < -0.3 is 0 Å². The van der Waals surface area contributed by atoms with E-state index in [2.05, 4.69) is 4.72 Å². The Morgan fingerprint density at radius 1 is 0.714 bits per heavy atom. The zero-order valence-electron chi connectivity index (χ0n) is 15.0. The summed E-state index contributed by atoms with van der Waals surface area (Å²) in [5.74, 6) is -0.627. The van der Waals surface area contributed by atoms with Crippen LogP contribution in [0.4, 0.5) is 0 Å². The van der Waals surface area contributed by atoms with Gasteiger partial charge in [0.05, 0.1) is 4.90 Å². The summed E-state index contributed by atoms with van der Waals surface area (Å²) in [6, 6.07) is 19.4. The summed E-state index contributed by atoms with van der Waals surface area (Å²) < 4.78 is 28.3. The first-order valence-electron chi connectivity index (χ1n) is 8.78. The molecule has 0 saturated heterocycles. The average molecular weight is 391 g/mol. The Labute approximate surface area is 163 Å². The Morgan fingerprint density at radius 3 is 1.89 bits per heavy atom. The molecule has 1 aliphatic rings. The van der Waals surface area contributed by atoms with Crippen molar-refractivity contribution >= 4 is 21.6 Å². The van der Waals surface area contributed by atoms with Gasteiger partial charge in [0.15, 0.2) is 11.6 Å². The van der Waals surface area contributed by atoms with E-state index in [0.717, 1.165) is 5.56 Å². The first kappa shape index (κ1) is 18.3. The van der Waals surface area contributed by atoms with Crippen molar-refractivity contribution in [3.63, 3.8) is 0 Å². The number of carbonyl (C=O) groups is 2. The van der Waals surface area contributed by atoms with Crippen LogP contribution in [-0.2, 0) is 10.0 Å². The van der Waals surface area contributed by atoms with Gasteiger partial charge in [0.1, 0.15) is 0 Å². The number of hydrogen-bond donors (Lipinski definition) is 1. The molecule has 3 aromatic carbocycles. The van der Waals surface area contributed by atoms with Crippen molar-refractivity contribution < 1.29 is 18.0 Å². The number of nitrogens with one attached hydrogen (secondary N) is 1. The molecule has 3 aromatic rings. The molecule has 140 valence electrons. The Morgan fingerprint density at radius 2 is 1.25 bits per heavy atom. The highest BCUT2D eigenvalue weighted by Crippen LogP contribution is 2.29. The quantitative estimate of drug-likeness (QED) is 0.577. The molecule has 0 fully saturated rings. The van der Waals surface area contributed by atoms with Gasteiger partial charge in [-0.15, -0.1) is 0 Å². The first-order valence-corrected chi connectivity index (χ1v) is 10.3. The van der Waals surface area contributed by atoms with E-state index in [1.165, 1.54) is 18.2 Å². The van der Waals surface area contributed by atoms with Crippen LogP contribution in [0.2, 0.25) is 0 Å². The number of fused-ring (bicyclic) bond motifs is 2. The van der Waals surface area contributed by atoms with Crippen LogP contribution in [0.25, 0.3) is 0 Å². The molecule has 28 heavy (non-hydrogen) atoms. The van der Waals surface area contributed by atoms with Crippen LogP contribution in [0.5, 0.6) is 0 Å². The normalized spacial score (nSPS) is 14.3. The zero-order valence-corrected chi connectivity index (χ0v) is 15.9. The van der Waals surface area contributed by atoms with Crippen LogP contribution in [0.1, 0.15) is 50.4 Å². The number of carbonyl (C=O) groups excluding carboxylic acids is 2. The van der Waals surface area contributed by atoms with Crippen molar-refractivity contribution in [2.75, 3.05) is 0 Å². The molecule has 0 unspecified atom stereocenters. The average Bonchev–Trinajstić information content (AvgIpc) is 2.72. The lowest BCUT2D eigenvalue weighted by Crippen LogP contribution is -2.28. The fourth-order valence-corrected chi connectivity index (χ4v) is 4.61. The van der Waals surface area contributed by atoms with Crippen LogP contribution in [-0.4, -0.2) is 20.0 Å². The van der Waals surface area contributed by atoms with Crippen LogP contribution in [0.3, 0.4) is 0 Å². The molecule has 4 rings (SSSR count). The number of sulfonamides is 1. The third-order valence-corrected chi connectivity index (χ3v) is 6.38. The topological polar surface area (TPSA) is 80.3 Å². The Hall–Kier alpha value is -3.09. The van der Waals surface area contributed by atoms with Gasteiger partial charge in [-0.05, 0) is 30.7 Å². The van der Waals surface area contributed by atoms with Crippen molar-refractivity contribution in [3.05, 3.63) is 101 Å². The maximum atomic E-state index is 12.8. The molecule has 5 nitrogen and oxygen atoms in total. The fraction of sp³-hybridized carbons (Fsp3) is 0.0909. The molecule has 6 heteroatoms. The fourth-order valence-electron chi connectivity index (χ4n) is 3.36. The molecule has 0 amide bonds. The van der Waals surface area contributed by atoms with Crippen LogP contribution >= 0.6 is 0 Å². The number of ketones is 2. The molecule has 0 saturated carbocycles. The second-order valence-electron chi connectivity index (χ2n) is 6.66. The lowest BCUT2D eigenvalue weighted by molar-refractivity contribution is 0.0979. The van der Waals surface area contributed by atoms with Crippen molar-refractivity contribution in [3.8, 4) is 0 Å². The molecule has 1 atom stereocenters. The monoisotopic (exact) mass is 391 g/mol. The lowest BCUT2D eigenvalue weighted by atomic mass is 9.84. The molecular formula is C22H17NO4S. The zero-order chi connectivity index (χ0) is 19.9. The van der Waals surface area contributed by atoms with Crippen LogP contribution < -0.4 is 4.72 Å². The Bertz CT molecular complexity index is 1200. The second-order valence-corrected chi connectivity index (χ2v) is 8.38. The summed E-state index contributed by atoms with van der Waals surface area (Å²) in [7, 11) is -3.87. The van der Waals surface area contributed by atoms with Gasteiger partial charge in [0.2, 0.25) is 10.0 Å². The Balaban J connectivity index is 1.71. The van der Waals surface area contributed by atoms with E-state index >= 15 is 0 Å². The third-order valence-electron chi connectivity index (χ3n) is 4.84. The van der Waals surface area contributed by atoms with Crippen LogP contribution in [0.15, 0.2) is 77.7 Å². The van der Waals surface area contributed by atoms with Gasteiger partial charge in [-0.25, -0.2) is 13.1 Å². The number of hydrogen-bond acceptors (Lipinski definition) is 4. The predicted octanol–water partition coefficient (Wildman–Crippen LogP) is 3.50. The SMILES string of the molecule is C[C@@H](NS(=O)(=O)c1ccc2c(c1)C(=O)c1ccccc1C2=O)c1ccccc1. The molecule has 0 aliphatic heterocycles. The minimum Gasteiger partial charge on any atom is -0.289 e. The highest BCUT2D eigenvalue weighted by Gasteiger charge is 2.31. The van der Waals surface area contributed by atoms with Gasteiger partial charge in [0, 0.05) is 28.3 Å². The van der Waals surface area contributed by atoms with E-state index in [-0.39, 0.29) is 27.6 Å². The molecule has 0 radical (unpaired) electrons. The summed E-state index contributed by atoms with van der Waals surface area (Å²) in [5.41, 5.74) is 1.79. The summed E-state index contributed by atoms with van der Waals surface area (Å²) >= 11 is 0. The van der Waals surface area contributed by atoms with Gasteiger partial charge in [0.25, 0.3) is 0 Å². The summed E-state index contributed by atoms with van der Waals surface area (Å²) in [4.78, 5) is 25.4. The molecular weight excluding hydrogens is 374 g/mol. The molecule has 0 bridgehead atoms. The largest absolute Gasteiger partial charge is 0.289 e. The van der Waals surface area contributed by atoms with Gasteiger partial charge in [-0.3, -0.25) is 9.59 Å². The first-order chi connectivity index (χ1) is 13.4. The number of benzene rings is 3. The molecule has 0 spiro atoms. The van der Waals surface area contributed by atoms with Crippen LogP contribution in [0, 0.1) is 0 Å². The van der Waals surface area contributed by atoms with Crippen molar-refractivity contribution in [1.29, 1.82) is 0 Å². The molecule has 1 N–H and O–H groups in total. The van der Waals surface area contributed by atoms with Crippen molar-refractivity contribution in [2.45, 2.75) is 17.9 Å². The smallest absolute Gasteiger partial charge is 0.241 e. The van der Waals surface area contributed by atoms with Gasteiger partial charge in [-0.2, -0.15) is 0 Å². The molecule has 1 aliphatic carbocycles. The molecule has 0 heterocycles. The van der Waals surface area contributed by atoms with E-state index in [9.17, 15) is 18.0 Å². The molecule has 0 aromatic heterocycles. The minimum atomic E-state index is -3.87. The van der Waals surface area contributed by atoms with Gasteiger partial charge >= 0.3 is 0 Å². The van der Waals surface area contributed by atoms with Crippen molar-refractivity contribution in [2.24, 2.45) is 0 Å². The standard InChI is InChI=1S/C22H17NO4S/c1-14(15-7-3-2-4-8-15)23-28(26,27)16-11-12-19-20(13-16)22(25)18-10-6-5-9-17(18)21(19)24/h2-14,23H,1H3/t14-/m1/s1. The highest BCUT2D eigenvalue weighted by molar-refractivity contribution is 7.89. The van der Waals surface area contributed by atoms with E-state index in [0.29, 0.717) is 11.1 Å². The third kappa shape index (κ3) is 3.06. The maximum Gasteiger partial charge on any atom is 0.241 e. The maximum absolute atomic E-state index is 12.8. The summed E-state index contributed by atoms with van der Waals surface area (Å²) in [6.45, 7) is 1.75. The summed E-state index contributed by atoms with van der Waals surface area (Å²) in [5, 5.41) is 0. The predicted molar refractivity (Wildman–Crippen MR) is 105 cm³/mol. The van der Waals surface area contributed by atoms with E-state index in [4.69, 9.17) is 0 Å². The number of rotatable bonds is 4. The summed E-state index contributed by atoms with van der Waals surface area (Å²) in [6.07, 6.45) is 0. The minimum absolute atomic E-state index is 0.0467.